The summed E-state index contributed by atoms with van der Waals surface area (Å²) in [5.74, 6) is 0.464. The molecule has 2 aromatic carbocycles. The molecule has 1 saturated heterocycles. The molecule has 3 rings (SSSR count). The number of carbonyl (C=O) groups excluding carboxylic acids is 1. The molecule has 0 atom stereocenters. The summed E-state index contributed by atoms with van der Waals surface area (Å²) in [5, 5.41) is 2.97. The molecule has 0 saturated carbocycles. The Morgan fingerprint density at radius 2 is 1.81 bits per heavy atom. The number of piperazine rings is 1. The van der Waals surface area contributed by atoms with Crippen molar-refractivity contribution in [2.45, 2.75) is 20.3 Å². The molecule has 0 aliphatic carbocycles. The first-order valence-electron chi connectivity index (χ1n) is 9.36. The summed E-state index contributed by atoms with van der Waals surface area (Å²) in [6.45, 7) is 7.31. The van der Waals surface area contributed by atoms with Crippen LogP contribution in [0.4, 0.5) is 20.6 Å². The second kappa shape index (κ2) is 8.75. The number of rotatable bonds is 5. The number of ether oxygens (including phenoxy) is 1. The summed E-state index contributed by atoms with van der Waals surface area (Å²) in [6, 6.07) is 12.1. The first kappa shape index (κ1) is 19.0. The largest absolute Gasteiger partial charge is 0.491 e. The van der Waals surface area contributed by atoms with E-state index in [0.717, 1.165) is 17.7 Å². The Morgan fingerprint density at radius 1 is 1.11 bits per heavy atom. The van der Waals surface area contributed by atoms with E-state index in [1.54, 1.807) is 17.0 Å². The molecule has 0 bridgehead atoms. The Balaban J connectivity index is 1.59. The fourth-order valence-corrected chi connectivity index (χ4v) is 3.08. The van der Waals surface area contributed by atoms with E-state index < -0.39 is 0 Å². The van der Waals surface area contributed by atoms with Crippen molar-refractivity contribution in [3.63, 3.8) is 0 Å². The molecule has 6 heteroatoms. The van der Waals surface area contributed by atoms with Crippen molar-refractivity contribution in [2.75, 3.05) is 43.0 Å². The Kier molecular flexibility index (Phi) is 6.16. The second-order valence-corrected chi connectivity index (χ2v) is 6.73. The van der Waals surface area contributed by atoms with Crippen LogP contribution >= 0.6 is 0 Å². The van der Waals surface area contributed by atoms with E-state index >= 15 is 0 Å². The van der Waals surface area contributed by atoms with Gasteiger partial charge in [-0.2, -0.15) is 0 Å². The highest BCUT2D eigenvalue weighted by Gasteiger charge is 2.22. The normalized spacial score (nSPS) is 14.2. The van der Waals surface area contributed by atoms with Gasteiger partial charge < -0.3 is 19.9 Å². The first-order valence-corrected chi connectivity index (χ1v) is 9.36. The summed E-state index contributed by atoms with van der Waals surface area (Å²) < 4.78 is 18.8. The van der Waals surface area contributed by atoms with Gasteiger partial charge in [0, 0.05) is 31.9 Å². The Labute approximate surface area is 159 Å². The van der Waals surface area contributed by atoms with E-state index in [2.05, 4.69) is 17.1 Å². The van der Waals surface area contributed by atoms with Crippen LogP contribution in [0.3, 0.4) is 0 Å². The number of halogens is 1. The number of amides is 2. The summed E-state index contributed by atoms with van der Waals surface area (Å²) in [5.41, 5.74) is 2.76. The smallest absolute Gasteiger partial charge is 0.322 e. The van der Waals surface area contributed by atoms with Crippen LogP contribution in [0, 0.1) is 12.7 Å². The molecule has 1 heterocycles. The minimum absolute atomic E-state index is 0.126. The summed E-state index contributed by atoms with van der Waals surface area (Å²) in [7, 11) is 0. The summed E-state index contributed by atoms with van der Waals surface area (Å²) in [6.07, 6.45) is 0.909. The molecule has 2 aromatic rings. The third-order valence-electron chi connectivity index (χ3n) is 4.60. The van der Waals surface area contributed by atoms with Crippen LogP contribution < -0.4 is 15.0 Å². The number of hydrogen-bond donors (Lipinski definition) is 1. The van der Waals surface area contributed by atoms with Crippen molar-refractivity contribution in [3.05, 3.63) is 53.8 Å². The molecule has 0 spiro atoms. The van der Waals surface area contributed by atoms with Crippen molar-refractivity contribution < 1.29 is 13.9 Å². The van der Waals surface area contributed by atoms with E-state index in [4.69, 9.17) is 4.74 Å². The van der Waals surface area contributed by atoms with Crippen molar-refractivity contribution in [3.8, 4) is 5.75 Å². The van der Waals surface area contributed by atoms with E-state index in [1.165, 1.54) is 12.1 Å². The van der Waals surface area contributed by atoms with Gasteiger partial charge in [0.1, 0.15) is 11.6 Å². The number of nitrogens with zero attached hydrogens (tertiary/aromatic N) is 2. The highest BCUT2D eigenvalue weighted by Crippen LogP contribution is 2.26. The lowest BCUT2D eigenvalue weighted by molar-refractivity contribution is 0.208. The minimum Gasteiger partial charge on any atom is -0.491 e. The SMILES string of the molecule is CCCOc1cc(C)ccc1NC(=O)N1CCN(c2ccc(F)cc2)CC1. The van der Waals surface area contributed by atoms with Gasteiger partial charge in [0.2, 0.25) is 0 Å². The molecule has 1 aliphatic rings. The zero-order valence-electron chi connectivity index (χ0n) is 15.9. The number of carbonyl (C=O) groups is 1. The maximum atomic E-state index is 13.1. The van der Waals surface area contributed by atoms with Crippen LogP contribution in [-0.2, 0) is 0 Å². The fourth-order valence-electron chi connectivity index (χ4n) is 3.08. The number of nitrogens with one attached hydrogen (secondary N) is 1. The third-order valence-corrected chi connectivity index (χ3v) is 4.60. The number of hydrogen-bond acceptors (Lipinski definition) is 3. The Bertz CT molecular complexity index is 771. The fraction of sp³-hybridized carbons (Fsp3) is 0.381. The molecule has 2 amide bonds. The lowest BCUT2D eigenvalue weighted by atomic mass is 10.2. The van der Waals surface area contributed by atoms with Gasteiger partial charge in [-0.1, -0.05) is 13.0 Å². The molecule has 5 nitrogen and oxygen atoms in total. The van der Waals surface area contributed by atoms with Gasteiger partial charge in [0.15, 0.2) is 0 Å². The van der Waals surface area contributed by atoms with Crippen molar-refractivity contribution in [1.82, 2.24) is 4.90 Å². The molecule has 27 heavy (non-hydrogen) atoms. The molecular formula is C21H26FN3O2. The number of aryl methyl sites for hydroxylation is 1. The van der Waals surface area contributed by atoms with Crippen LogP contribution in [0.2, 0.25) is 0 Å². The lowest BCUT2D eigenvalue weighted by Gasteiger charge is -2.36. The molecule has 0 aromatic heterocycles. The van der Waals surface area contributed by atoms with Gasteiger partial charge in [0.05, 0.1) is 12.3 Å². The van der Waals surface area contributed by atoms with Crippen LogP contribution in [0.25, 0.3) is 0 Å². The maximum Gasteiger partial charge on any atom is 0.322 e. The van der Waals surface area contributed by atoms with E-state index in [-0.39, 0.29) is 11.8 Å². The highest BCUT2D eigenvalue weighted by atomic mass is 19.1. The quantitative estimate of drug-likeness (QED) is 0.853. The Hall–Kier alpha value is -2.76. The van der Waals surface area contributed by atoms with Crippen molar-refractivity contribution in [1.29, 1.82) is 0 Å². The van der Waals surface area contributed by atoms with Gasteiger partial charge >= 0.3 is 6.03 Å². The minimum atomic E-state index is -0.240. The van der Waals surface area contributed by atoms with Gasteiger partial charge in [0.25, 0.3) is 0 Å². The van der Waals surface area contributed by atoms with Crippen molar-refractivity contribution in [2.24, 2.45) is 0 Å². The van der Waals surface area contributed by atoms with Gasteiger partial charge in [-0.25, -0.2) is 9.18 Å². The Morgan fingerprint density at radius 3 is 2.48 bits per heavy atom. The van der Waals surface area contributed by atoms with Crippen molar-refractivity contribution >= 4 is 17.4 Å². The van der Waals surface area contributed by atoms with E-state index in [0.29, 0.717) is 44.2 Å². The molecule has 1 N–H and O–H groups in total. The zero-order valence-corrected chi connectivity index (χ0v) is 15.9. The number of urea groups is 1. The van der Waals surface area contributed by atoms with E-state index in [1.807, 2.05) is 25.1 Å². The van der Waals surface area contributed by atoms with Crippen LogP contribution in [0.15, 0.2) is 42.5 Å². The van der Waals surface area contributed by atoms with E-state index in [9.17, 15) is 9.18 Å². The third kappa shape index (κ3) is 4.90. The average Bonchev–Trinajstić information content (AvgIpc) is 2.69. The number of anilines is 2. The predicted octanol–water partition coefficient (Wildman–Crippen LogP) is 4.28. The van der Waals surface area contributed by atoms with Crippen LogP contribution in [0.5, 0.6) is 5.75 Å². The topological polar surface area (TPSA) is 44.8 Å². The van der Waals surface area contributed by atoms with Gasteiger partial charge in [-0.05, 0) is 55.3 Å². The number of benzene rings is 2. The molecule has 1 aliphatic heterocycles. The first-order chi connectivity index (χ1) is 13.1. The average molecular weight is 371 g/mol. The van der Waals surface area contributed by atoms with Crippen LogP contribution in [-0.4, -0.2) is 43.7 Å². The summed E-state index contributed by atoms with van der Waals surface area (Å²) >= 11 is 0. The van der Waals surface area contributed by atoms with Crippen LogP contribution in [0.1, 0.15) is 18.9 Å². The monoisotopic (exact) mass is 371 g/mol. The molecule has 0 unspecified atom stereocenters. The zero-order chi connectivity index (χ0) is 19.2. The predicted molar refractivity (Wildman–Crippen MR) is 106 cm³/mol. The second-order valence-electron chi connectivity index (χ2n) is 6.73. The van der Waals surface area contributed by atoms with Gasteiger partial charge in [-0.15, -0.1) is 0 Å². The standard InChI is InChI=1S/C21H26FN3O2/c1-3-14-27-20-15-16(2)4-9-19(20)23-21(26)25-12-10-24(11-13-25)18-7-5-17(22)6-8-18/h4-9,15H,3,10-14H2,1-2H3,(H,23,26). The highest BCUT2D eigenvalue weighted by molar-refractivity contribution is 5.91. The molecular weight excluding hydrogens is 345 g/mol. The molecule has 144 valence electrons. The molecule has 1 fully saturated rings. The molecule has 0 radical (unpaired) electrons. The lowest BCUT2D eigenvalue weighted by Crippen LogP contribution is -2.50. The van der Waals surface area contributed by atoms with Gasteiger partial charge in [-0.3, -0.25) is 0 Å². The maximum absolute atomic E-state index is 13.1. The summed E-state index contributed by atoms with van der Waals surface area (Å²) in [4.78, 5) is 16.6.